The second kappa shape index (κ2) is 14.6. The first-order valence-corrected chi connectivity index (χ1v) is 13.8. The molecule has 53 heavy (non-hydrogen) atoms. The van der Waals surface area contributed by atoms with Crippen LogP contribution in [0.25, 0.3) is 0 Å². The van der Waals surface area contributed by atoms with Crippen molar-refractivity contribution < 1.29 is 135 Å². The molecule has 0 amide bonds. The Morgan fingerprint density at radius 1 is 0.358 bits per heavy atom. The Balaban J connectivity index is 2.28. The first-order valence-electron chi connectivity index (χ1n) is 13.8. The van der Waals surface area contributed by atoms with Crippen molar-refractivity contribution in [1.29, 1.82) is 0 Å². The molecule has 0 radical (unpaired) electrons. The summed E-state index contributed by atoms with van der Waals surface area (Å²) in [6, 6.07) is 0. The van der Waals surface area contributed by atoms with Crippen LogP contribution in [0.4, 0.5) is 92.2 Å². The van der Waals surface area contributed by atoms with Gasteiger partial charge in [0.2, 0.25) is 0 Å². The monoisotopic (exact) mass is 840 g/mol. The molecule has 3 rings (SSSR count). The summed E-state index contributed by atoms with van der Waals surface area (Å²) in [5.41, 5.74) is -9.08. The van der Waals surface area contributed by atoms with Crippen LogP contribution in [-0.2, 0) is 42.6 Å². The fourth-order valence-corrected chi connectivity index (χ4v) is 3.81. The second-order valence-electron chi connectivity index (χ2n) is 11.2. The zero-order chi connectivity index (χ0) is 41.0. The number of epoxide rings is 3. The van der Waals surface area contributed by atoms with E-state index in [0.29, 0.717) is 0 Å². The maximum absolute atomic E-state index is 15.5. The summed E-state index contributed by atoms with van der Waals surface area (Å²) in [7, 11) is 0. The van der Waals surface area contributed by atoms with Gasteiger partial charge < -0.3 is 28.4 Å². The fraction of sp³-hybridized carbons (Fsp3) is 1.00. The number of ether oxygens (including phenoxy) is 9. The van der Waals surface area contributed by atoms with Crippen LogP contribution in [-0.4, -0.2) is 138 Å². The summed E-state index contributed by atoms with van der Waals surface area (Å²) in [5, 5.41) is 0. The highest BCUT2D eigenvalue weighted by Crippen LogP contribution is 2.69. The van der Waals surface area contributed by atoms with E-state index >= 15 is 39.5 Å². The van der Waals surface area contributed by atoms with E-state index in [-0.39, 0.29) is 0 Å². The molecule has 6 atom stereocenters. The molecular formula is C23H21F21O9. The first kappa shape index (κ1) is 45.6. The summed E-state index contributed by atoms with van der Waals surface area (Å²) in [6.07, 6.45) is -60.6. The van der Waals surface area contributed by atoms with E-state index in [2.05, 4.69) is 42.6 Å². The van der Waals surface area contributed by atoms with E-state index in [1.165, 1.54) is 0 Å². The molecule has 3 aliphatic heterocycles. The number of halogens is 21. The molecule has 0 bridgehead atoms. The molecule has 3 saturated heterocycles. The normalized spacial score (nSPS) is 26.3. The van der Waals surface area contributed by atoms with Crippen LogP contribution < -0.4 is 0 Å². The van der Waals surface area contributed by atoms with Gasteiger partial charge in [0.1, 0.15) is 38.1 Å². The molecule has 3 fully saturated rings. The van der Waals surface area contributed by atoms with Gasteiger partial charge in [-0.15, -0.1) is 0 Å². The van der Waals surface area contributed by atoms with Gasteiger partial charge in [-0.25, -0.2) is 0 Å². The van der Waals surface area contributed by atoms with E-state index in [4.69, 9.17) is 0 Å². The highest BCUT2D eigenvalue weighted by Gasteiger charge is 2.97. The molecule has 9 nitrogen and oxygen atoms in total. The third-order valence-corrected chi connectivity index (χ3v) is 6.86. The smallest absolute Gasteiger partial charge is 0.372 e. The molecule has 0 spiro atoms. The summed E-state index contributed by atoms with van der Waals surface area (Å²) < 4.78 is 335. The quantitative estimate of drug-likeness (QED) is 0.0978. The highest BCUT2D eigenvalue weighted by molar-refractivity contribution is 5.09. The SMILES string of the molecule is FC(F)(F)C(F)(COCC1CO1)OC(F)(F)C(C(F)(F)F)(C(F)(F)OC(F)(COCC1CO1)C(F)(F)F)C(F)(F)OC(F)(COCC1CO1)C(F)(F)F. The van der Waals surface area contributed by atoms with Crippen LogP contribution in [0.3, 0.4) is 0 Å². The van der Waals surface area contributed by atoms with Gasteiger partial charge in [0.25, 0.3) is 0 Å². The molecule has 0 saturated carbocycles. The van der Waals surface area contributed by atoms with E-state index < -0.39 is 144 Å². The van der Waals surface area contributed by atoms with Crippen LogP contribution in [0.5, 0.6) is 0 Å². The van der Waals surface area contributed by atoms with Crippen LogP contribution >= 0.6 is 0 Å². The van der Waals surface area contributed by atoms with Gasteiger partial charge in [0.15, 0.2) is 0 Å². The lowest BCUT2D eigenvalue weighted by Gasteiger charge is -2.50. The van der Waals surface area contributed by atoms with E-state index in [9.17, 15) is 52.7 Å². The van der Waals surface area contributed by atoms with Crippen LogP contribution in [0.2, 0.25) is 0 Å². The van der Waals surface area contributed by atoms with Gasteiger partial charge in [0, 0.05) is 0 Å². The molecule has 0 aromatic rings. The summed E-state index contributed by atoms with van der Waals surface area (Å²) in [4.78, 5) is 0. The molecule has 3 heterocycles. The lowest BCUT2D eigenvalue weighted by atomic mass is 9.81. The number of hydrogen-bond donors (Lipinski definition) is 0. The lowest BCUT2D eigenvalue weighted by molar-refractivity contribution is -0.596. The molecule has 30 heteroatoms. The second-order valence-corrected chi connectivity index (χ2v) is 11.2. The number of alkyl halides is 21. The van der Waals surface area contributed by atoms with Gasteiger partial charge in [-0.2, -0.15) is 92.2 Å². The van der Waals surface area contributed by atoms with E-state index in [1.54, 1.807) is 0 Å². The predicted molar refractivity (Wildman–Crippen MR) is 118 cm³/mol. The average molecular weight is 840 g/mol. The lowest BCUT2D eigenvalue weighted by Crippen LogP contribution is -2.77. The van der Waals surface area contributed by atoms with Gasteiger partial charge >= 0.3 is 66.0 Å². The van der Waals surface area contributed by atoms with Crippen molar-refractivity contribution in [2.24, 2.45) is 5.41 Å². The van der Waals surface area contributed by atoms with E-state index in [0.717, 1.165) is 0 Å². The predicted octanol–water partition coefficient (Wildman–Crippen LogP) is 6.29. The van der Waals surface area contributed by atoms with Crippen LogP contribution in [0, 0.1) is 5.41 Å². The van der Waals surface area contributed by atoms with Crippen molar-refractivity contribution in [2.45, 2.75) is 78.9 Å². The van der Waals surface area contributed by atoms with Crippen LogP contribution in [0.1, 0.15) is 0 Å². The molecular weight excluding hydrogens is 819 g/mol. The Morgan fingerprint density at radius 3 is 0.717 bits per heavy atom. The third kappa shape index (κ3) is 9.77. The minimum atomic E-state index is -9.08. The highest BCUT2D eigenvalue weighted by atomic mass is 19.4. The van der Waals surface area contributed by atoms with Gasteiger partial charge in [-0.3, -0.25) is 14.2 Å². The van der Waals surface area contributed by atoms with Gasteiger partial charge in [0.05, 0.1) is 39.6 Å². The minimum Gasteiger partial charge on any atom is -0.372 e. The van der Waals surface area contributed by atoms with Crippen molar-refractivity contribution in [3.63, 3.8) is 0 Å². The summed E-state index contributed by atoms with van der Waals surface area (Å²) >= 11 is 0. The Kier molecular flexibility index (Phi) is 12.5. The average Bonchev–Trinajstić information content (AvgIpc) is 3.76. The Hall–Kier alpha value is -1.83. The minimum absolute atomic E-state index is 0.407. The zero-order valence-electron chi connectivity index (χ0n) is 25.2. The van der Waals surface area contributed by atoms with Gasteiger partial charge in [-0.1, -0.05) is 0 Å². The molecule has 0 aromatic heterocycles. The zero-order valence-corrected chi connectivity index (χ0v) is 25.2. The maximum atomic E-state index is 15.5. The van der Waals surface area contributed by atoms with Crippen molar-refractivity contribution in [1.82, 2.24) is 0 Å². The number of rotatable bonds is 21. The molecule has 0 N–H and O–H groups in total. The molecule has 0 aliphatic carbocycles. The molecule has 0 aromatic carbocycles. The Labute approximate surface area is 279 Å². The molecule has 314 valence electrons. The van der Waals surface area contributed by atoms with Crippen LogP contribution in [0.15, 0.2) is 0 Å². The Bertz CT molecular complexity index is 1100. The molecule has 3 aliphatic rings. The standard InChI is InChI=1S/C23H21F21O9/c24-13(17(27,28)29,7-45-1-10-4-48-10)51-21(39,40)16(20(36,37)38,22(41,42)52-14(25,18(30,31)32)8-46-2-11-5-49-11)23(43,44)53-15(26,19(33,34)35)9-47-3-12-6-50-12/h10-12H,1-9H2. The summed E-state index contributed by atoms with van der Waals surface area (Å²) in [5.74, 6) is -20.2. The summed E-state index contributed by atoms with van der Waals surface area (Å²) in [6.45, 7) is -14.8. The van der Waals surface area contributed by atoms with Crippen molar-refractivity contribution in [2.75, 3.05) is 59.5 Å². The Morgan fingerprint density at radius 2 is 0.566 bits per heavy atom. The largest absolute Gasteiger partial charge is 0.451 e. The molecule has 6 unspecified atom stereocenters. The van der Waals surface area contributed by atoms with E-state index in [1.807, 2.05) is 0 Å². The van der Waals surface area contributed by atoms with Crippen molar-refractivity contribution >= 4 is 0 Å². The topological polar surface area (TPSA) is 93.0 Å². The van der Waals surface area contributed by atoms with Crippen molar-refractivity contribution in [3.8, 4) is 0 Å². The number of hydrogen-bond acceptors (Lipinski definition) is 9. The van der Waals surface area contributed by atoms with Crippen molar-refractivity contribution in [3.05, 3.63) is 0 Å². The van der Waals surface area contributed by atoms with Gasteiger partial charge in [-0.05, 0) is 0 Å². The first-order chi connectivity index (χ1) is 23.6. The third-order valence-electron chi connectivity index (χ3n) is 6.86. The maximum Gasteiger partial charge on any atom is 0.451 e. The fourth-order valence-electron chi connectivity index (χ4n) is 3.81.